The lowest BCUT2D eigenvalue weighted by Crippen LogP contribution is -2.46. The molecule has 7 heteroatoms. The lowest BCUT2D eigenvalue weighted by Gasteiger charge is -2.25. The summed E-state index contributed by atoms with van der Waals surface area (Å²) in [6, 6.07) is 5.22. The van der Waals surface area contributed by atoms with Gasteiger partial charge in [0, 0.05) is 5.69 Å². The van der Waals surface area contributed by atoms with Crippen LogP contribution in [-0.4, -0.2) is 41.4 Å². The number of halogens is 1. The van der Waals surface area contributed by atoms with Gasteiger partial charge in [0.15, 0.2) is 0 Å². The number of anilines is 1. The quantitative estimate of drug-likeness (QED) is 0.542. The Balaban J connectivity index is 2.81. The average molecular weight is 326 g/mol. The fourth-order valence-corrected chi connectivity index (χ4v) is 1.90. The molecule has 0 aliphatic heterocycles. The molecular formula is C16H23FN2O4. The number of para-hydroxylation sites is 1. The van der Waals surface area contributed by atoms with Crippen molar-refractivity contribution in [3.63, 3.8) is 0 Å². The van der Waals surface area contributed by atoms with Crippen molar-refractivity contribution in [2.45, 2.75) is 44.9 Å². The molecule has 0 aliphatic rings. The monoisotopic (exact) mass is 326 g/mol. The molecule has 0 saturated carbocycles. The van der Waals surface area contributed by atoms with Crippen molar-refractivity contribution in [2.75, 3.05) is 12.4 Å². The summed E-state index contributed by atoms with van der Waals surface area (Å²) in [6.07, 6.45) is -1.86. The van der Waals surface area contributed by atoms with Crippen molar-refractivity contribution in [3.8, 4) is 0 Å². The fourth-order valence-electron chi connectivity index (χ4n) is 1.90. The van der Waals surface area contributed by atoms with E-state index in [0.29, 0.717) is 0 Å². The highest BCUT2D eigenvalue weighted by Gasteiger charge is 2.27. The van der Waals surface area contributed by atoms with Crippen LogP contribution in [0.25, 0.3) is 0 Å². The number of aliphatic hydroxyl groups excluding tert-OH is 1. The Morgan fingerprint density at radius 3 is 2.48 bits per heavy atom. The van der Waals surface area contributed by atoms with Crippen molar-refractivity contribution in [1.29, 1.82) is 0 Å². The van der Waals surface area contributed by atoms with Crippen LogP contribution in [0.2, 0.25) is 0 Å². The molecule has 1 aromatic rings. The molecule has 1 rings (SSSR count). The number of nitrogen functional groups attached to an aromatic ring is 1. The molecule has 0 heterocycles. The average Bonchev–Trinajstić information content (AvgIpc) is 2.44. The van der Waals surface area contributed by atoms with E-state index in [2.05, 4.69) is 5.32 Å². The van der Waals surface area contributed by atoms with Crippen LogP contribution in [0.1, 0.15) is 37.6 Å². The highest BCUT2D eigenvalue weighted by molar-refractivity contribution is 5.99. The van der Waals surface area contributed by atoms with Crippen LogP contribution in [0.4, 0.5) is 10.1 Å². The van der Waals surface area contributed by atoms with E-state index >= 15 is 0 Å². The minimum absolute atomic E-state index is 0.188. The smallest absolute Gasteiger partial charge is 0.308 e. The molecule has 2 unspecified atom stereocenters. The molecule has 2 atom stereocenters. The Morgan fingerprint density at radius 1 is 1.35 bits per heavy atom. The van der Waals surface area contributed by atoms with Gasteiger partial charge in [-0.25, -0.2) is 4.39 Å². The first-order valence-corrected chi connectivity index (χ1v) is 7.25. The number of rotatable bonds is 6. The van der Waals surface area contributed by atoms with Gasteiger partial charge in [0.1, 0.15) is 18.4 Å². The summed E-state index contributed by atoms with van der Waals surface area (Å²) in [6.45, 7) is 3.97. The number of hydrogen-bond acceptors (Lipinski definition) is 5. The molecule has 6 nitrogen and oxygen atoms in total. The number of hydrogen-bond donors (Lipinski definition) is 3. The van der Waals surface area contributed by atoms with Crippen LogP contribution in [0, 0.1) is 0 Å². The summed E-state index contributed by atoms with van der Waals surface area (Å²) in [7, 11) is 0. The van der Waals surface area contributed by atoms with Gasteiger partial charge in [0.2, 0.25) is 0 Å². The molecule has 0 radical (unpaired) electrons. The number of esters is 1. The molecule has 0 spiro atoms. The van der Waals surface area contributed by atoms with Crippen molar-refractivity contribution in [3.05, 3.63) is 29.8 Å². The highest BCUT2D eigenvalue weighted by Crippen LogP contribution is 2.14. The Labute approximate surface area is 134 Å². The molecule has 0 fully saturated rings. The standard InChI is InChI=1S/C16H23FN2O4/c1-16(2,3)23-14(21)8-12(13(20)9-17)19-15(22)10-6-4-5-7-11(10)18/h4-7,12-13,20H,8-9,18H2,1-3H3,(H,19,22). The SMILES string of the molecule is CC(C)(C)OC(=O)CC(NC(=O)c1ccccc1N)C(O)CF. The van der Waals surface area contributed by atoms with E-state index in [4.69, 9.17) is 10.5 Å². The van der Waals surface area contributed by atoms with Crippen LogP contribution >= 0.6 is 0 Å². The van der Waals surface area contributed by atoms with Crippen molar-refractivity contribution in [1.82, 2.24) is 5.32 Å². The van der Waals surface area contributed by atoms with E-state index in [9.17, 15) is 19.1 Å². The minimum Gasteiger partial charge on any atom is -0.460 e. The van der Waals surface area contributed by atoms with Gasteiger partial charge in [-0.05, 0) is 32.9 Å². The van der Waals surface area contributed by atoms with Gasteiger partial charge in [-0.2, -0.15) is 0 Å². The number of ether oxygens (including phenoxy) is 1. The highest BCUT2D eigenvalue weighted by atomic mass is 19.1. The van der Waals surface area contributed by atoms with Crippen LogP contribution in [0.15, 0.2) is 24.3 Å². The maximum absolute atomic E-state index is 12.8. The van der Waals surface area contributed by atoms with Crippen LogP contribution in [0.3, 0.4) is 0 Å². The molecule has 0 saturated heterocycles. The fraction of sp³-hybridized carbons (Fsp3) is 0.500. The van der Waals surface area contributed by atoms with Crippen molar-refractivity contribution >= 4 is 17.6 Å². The third-order valence-corrected chi connectivity index (χ3v) is 2.95. The van der Waals surface area contributed by atoms with Gasteiger partial charge >= 0.3 is 5.97 Å². The zero-order valence-corrected chi connectivity index (χ0v) is 13.5. The Kier molecular flexibility index (Phi) is 6.50. The van der Waals surface area contributed by atoms with E-state index in [1.54, 1.807) is 39.0 Å². The van der Waals surface area contributed by atoms with Crippen molar-refractivity contribution < 1.29 is 23.8 Å². The largest absolute Gasteiger partial charge is 0.460 e. The number of nitrogens with two attached hydrogens (primary N) is 1. The van der Waals surface area contributed by atoms with Crippen LogP contribution < -0.4 is 11.1 Å². The zero-order chi connectivity index (χ0) is 17.6. The predicted molar refractivity (Wildman–Crippen MR) is 84.6 cm³/mol. The maximum Gasteiger partial charge on any atom is 0.308 e. The van der Waals surface area contributed by atoms with Crippen LogP contribution in [0.5, 0.6) is 0 Å². The third-order valence-electron chi connectivity index (χ3n) is 2.95. The van der Waals surface area contributed by atoms with E-state index in [0.717, 1.165) is 0 Å². The van der Waals surface area contributed by atoms with Gasteiger partial charge in [-0.3, -0.25) is 9.59 Å². The second-order valence-corrected chi connectivity index (χ2v) is 6.18. The first-order valence-electron chi connectivity index (χ1n) is 7.25. The maximum atomic E-state index is 12.8. The zero-order valence-electron chi connectivity index (χ0n) is 13.5. The van der Waals surface area contributed by atoms with E-state index in [1.807, 2.05) is 0 Å². The second-order valence-electron chi connectivity index (χ2n) is 6.18. The normalized spacial score (nSPS) is 14.0. The number of alkyl halides is 1. The number of aliphatic hydroxyl groups is 1. The van der Waals surface area contributed by atoms with E-state index in [-0.39, 0.29) is 17.7 Å². The molecule has 0 aromatic heterocycles. The Hall–Kier alpha value is -2.15. The predicted octanol–water partition coefficient (Wildman–Crippen LogP) is 1.43. The van der Waals surface area contributed by atoms with Gasteiger partial charge < -0.3 is 20.9 Å². The first-order chi connectivity index (χ1) is 10.6. The van der Waals surface area contributed by atoms with E-state index < -0.39 is 36.3 Å². The summed E-state index contributed by atoms with van der Waals surface area (Å²) >= 11 is 0. The molecule has 1 amide bonds. The number of carbonyl (C=O) groups excluding carboxylic acids is 2. The third kappa shape index (κ3) is 6.23. The molecule has 23 heavy (non-hydrogen) atoms. The van der Waals surface area contributed by atoms with Gasteiger partial charge in [-0.1, -0.05) is 12.1 Å². The first kappa shape index (κ1) is 18.9. The molecule has 4 N–H and O–H groups in total. The summed E-state index contributed by atoms with van der Waals surface area (Å²) in [5, 5.41) is 12.1. The Bertz CT molecular complexity index is 557. The second kappa shape index (κ2) is 7.92. The molecule has 0 bridgehead atoms. The molecular weight excluding hydrogens is 303 g/mol. The van der Waals surface area contributed by atoms with Crippen molar-refractivity contribution in [2.24, 2.45) is 0 Å². The van der Waals surface area contributed by atoms with Gasteiger partial charge in [-0.15, -0.1) is 0 Å². The van der Waals surface area contributed by atoms with Crippen LogP contribution in [-0.2, 0) is 9.53 Å². The lowest BCUT2D eigenvalue weighted by molar-refractivity contribution is -0.156. The number of benzene rings is 1. The lowest BCUT2D eigenvalue weighted by atomic mass is 10.1. The number of nitrogens with one attached hydrogen (secondary N) is 1. The summed E-state index contributed by atoms with van der Waals surface area (Å²) < 4.78 is 17.9. The molecule has 1 aromatic carbocycles. The molecule has 0 aliphatic carbocycles. The number of amides is 1. The summed E-state index contributed by atoms with van der Waals surface area (Å²) in [5.74, 6) is -1.24. The molecule has 128 valence electrons. The van der Waals surface area contributed by atoms with E-state index in [1.165, 1.54) is 6.07 Å². The number of carbonyl (C=O) groups is 2. The Morgan fingerprint density at radius 2 is 1.96 bits per heavy atom. The van der Waals surface area contributed by atoms with Gasteiger partial charge in [0.05, 0.1) is 18.0 Å². The topological polar surface area (TPSA) is 102 Å². The summed E-state index contributed by atoms with van der Waals surface area (Å²) in [4.78, 5) is 24.0. The van der Waals surface area contributed by atoms with Gasteiger partial charge in [0.25, 0.3) is 5.91 Å². The minimum atomic E-state index is -1.52. The summed E-state index contributed by atoms with van der Waals surface area (Å²) in [5.41, 5.74) is 5.42.